The van der Waals surface area contributed by atoms with Crippen molar-refractivity contribution >= 4 is 129 Å². The molecule has 0 saturated carbocycles. The number of unbranched alkanes of at least 4 members (excludes halogenated alkanes) is 1. The molecule has 0 bridgehead atoms. The molecule has 98 heavy (non-hydrogen) atoms. The van der Waals surface area contributed by atoms with E-state index in [9.17, 15) is 83.7 Å². The number of aliphatic hydroxyl groups is 3. The first-order valence-electron chi connectivity index (χ1n) is 31.2. The van der Waals surface area contributed by atoms with Gasteiger partial charge in [-0.05, 0) is 62.4 Å². The zero-order chi connectivity index (χ0) is 71.1. The van der Waals surface area contributed by atoms with Gasteiger partial charge in [-0.2, -0.15) is 0 Å². The Balaban J connectivity index is 0.0000128. The maximum atomic E-state index is 15.2. The molecule has 530 valence electrons. The molecule has 0 radical (unpaired) electrons. The summed E-state index contributed by atoms with van der Waals surface area (Å²) in [5, 5.41) is 99.6. The monoisotopic (exact) mass is 1500 g/mol. The third kappa shape index (κ3) is 28.9. The fourth-order valence-corrected chi connectivity index (χ4v) is 12.6. The summed E-state index contributed by atoms with van der Waals surface area (Å²) in [7, 11) is 1.74. The van der Waals surface area contributed by atoms with E-state index in [2.05, 4.69) is 47.5 Å². The van der Waals surface area contributed by atoms with Crippen molar-refractivity contribution in [1.82, 2.24) is 62.2 Å². The molecule has 1 aliphatic heterocycles. The number of carbonyl (C=O) groups is 12. The van der Waals surface area contributed by atoms with Crippen LogP contribution in [0.15, 0.2) is 91.1 Å². The Kier molecular flexibility index (Phi) is 36.1. The summed E-state index contributed by atoms with van der Waals surface area (Å²) in [6, 6.07) is 11.4. The molecule has 10 atom stereocenters. The van der Waals surface area contributed by atoms with Crippen LogP contribution in [-0.4, -0.2) is 276 Å². The maximum Gasteiger partial charge on any atom is 3.00 e. The maximum absolute atomic E-state index is 15.2. The van der Waals surface area contributed by atoms with Crippen molar-refractivity contribution in [3.05, 3.63) is 108 Å². The van der Waals surface area contributed by atoms with E-state index in [1.165, 1.54) is 18.7 Å². The first kappa shape index (κ1) is 82.6. The van der Waals surface area contributed by atoms with Crippen LogP contribution in [-0.2, 0) is 76.8 Å². The van der Waals surface area contributed by atoms with Gasteiger partial charge < -0.3 is 108 Å². The van der Waals surface area contributed by atoms with Gasteiger partial charge in [0.05, 0.1) is 55.3 Å². The molecule has 14 N–H and O–H groups in total. The number of carboxylic acid groups (broad SMARTS) is 4. The van der Waals surface area contributed by atoms with Crippen LogP contribution < -0.4 is 68.7 Å². The summed E-state index contributed by atoms with van der Waals surface area (Å²) in [5.41, 5.74) is 8.05. The Morgan fingerprint density at radius 2 is 1.12 bits per heavy atom. The molecule has 1 saturated heterocycles. The standard InChI is InChI=1S/C63H87N13O19S2.In/c1-37(78)48(34-77)70-62(94)50-36-97-96-35-49(71-58(90)45(25-39-13-5-3-6-14-39)66-51(80)29-75(31-53(83)84)23-21-74(30-52(81)82)22-24-76(32-54(85)86)33-55(87)88)61(93)68-46(26-40-15-7-4-8-16-40)59(91)69-47(27-41-28-65-43-18-10-9-17-42(41)43)60(92)67-44(19-11-12-20-64)57(89)73-56(38(2)79)63(95)72-50;/h3-10,13-18,28,37-38,44-50,56,65,77-79H,11-12,19-27,29-36,64H2,1-2H3,(H,66,80)(H,67,92)(H,68,93)(H,69,91)(H,70,94)(H,71,90)(H,72,95)(H,73,89)(H,81,82)(H,83,84)(H,85,86)(H,87,88);/q;+3/p-3/t37-,38-,44+,45+,46+,47-,48-,49+,50+,56+;/m1./s1/i;1-4. The van der Waals surface area contributed by atoms with Gasteiger partial charge in [0.2, 0.25) is 47.3 Å². The van der Waals surface area contributed by atoms with Crippen LogP contribution in [0.3, 0.4) is 0 Å². The van der Waals surface area contributed by atoms with E-state index in [4.69, 9.17) is 5.73 Å². The number of nitrogens with one attached hydrogen (secondary N) is 9. The molecule has 8 amide bonds. The van der Waals surface area contributed by atoms with Crippen LogP contribution in [0.1, 0.15) is 51.2 Å². The van der Waals surface area contributed by atoms with Gasteiger partial charge in [0, 0.05) is 100 Å². The molecule has 1 fully saturated rings. The van der Waals surface area contributed by atoms with Crippen LogP contribution in [0, 0.1) is 0 Å². The molecular formula is C63H84InN13O19S2. The number of rotatable bonds is 34. The second-order valence-corrected chi connectivity index (χ2v) is 25.7. The molecule has 0 spiro atoms. The molecule has 4 aromatic rings. The van der Waals surface area contributed by atoms with E-state index in [-0.39, 0.29) is 97.9 Å². The number of carbonyl (C=O) groups excluding carboxylic acids is 12. The molecule has 0 unspecified atom stereocenters. The fourth-order valence-electron chi connectivity index (χ4n) is 10.3. The Morgan fingerprint density at radius 1 is 0.612 bits per heavy atom. The summed E-state index contributed by atoms with van der Waals surface area (Å²) < 4.78 is 0. The van der Waals surface area contributed by atoms with Crippen LogP contribution in [0.2, 0.25) is 0 Å². The van der Waals surface area contributed by atoms with E-state index in [0.717, 1.165) is 31.4 Å². The number of aliphatic hydroxyl groups excluding tert-OH is 3. The topological polar surface area (TPSA) is 506 Å². The molecule has 1 aromatic heterocycles. The Hall–Kier alpha value is -7.87. The SMILES string of the molecule is C[C@@H](O)[C@@H]1NC(=O)[C@H](CCCCN)NC(=O)[C@@H](Cc2c[nH]c3ccccc23)NC(=O)[C@H](Cc2ccccc2)NC(=O)[C@@H](NC(=O)[C@H](Cc2ccccc2)NC(=O)CN(CCN(CCN(CC(=O)[O-])CC(=O)[O-])CC(=O)[O-])CC(=O)[O-])CSSC[C@@H](C(=O)N[C@H](CO)[C@@H](C)O)NC1=O.[111In+3].[H+]. The number of fused-ring (bicyclic) bond motifs is 1. The van der Waals surface area contributed by atoms with Gasteiger partial charge in [0.1, 0.15) is 42.3 Å². The van der Waals surface area contributed by atoms with Gasteiger partial charge in [-0.15, -0.1) is 0 Å². The van der Waals surface area contributed by atoms with Gasteiger partial charge in [0.25, 0.3) is 0 Å². The van der Waals surface area contributed by atoms with Crippen molar-refractivity contribution in [2.45, 2.75) is 113 Å². The number of carboxylic acids is 4. The van der Waals surface area contributed by atoms with Gasteiger partial charge in [-0.3, -0.25) is 53.1 Å². The second kappa shape index (κ2) is 42.8. The van der Waals surface area contributed by atoms with Gasteiger partial charge >= 0.3 is 27.3 Å². The number of H-pyrrole nitrogens is 1. The van der Waals surface area contributed by atoms with Crippen molar-refractivity contribution in [1.29, 1.82) is 0 Å². The van der Waals surface area contributed by atoms with E-state index in [0.29, 0.717) is 34.0 Å². The molecule has 2 heterocycles. The zero-order valence-corrected chi connectivity index (χ0v) is 59.0. The number of aromatic amines is 1. The Labute approximate surface area is 593 Å². The Morgan fingerprint density at radius 3 is 1.69 bits per heavy atom. The van der Waals surface area contributed by atoms with Crippen LogP contribution in [0.5, 0.6) is 0 Å². The summed E-state index contributed by atoms with van der Waals surface area (Å²) in [6.07, 6.45) is -1.40. The number of aromatic nitrogens is 1. The molecule has 0 aliphatic carbocycles. The summed E-state index contributed by atoms with van der Waals surface area (Å²) >= 11 is 0. The summed E-state index contributed by atoms with van der Waals surface area (Å²) in [5.74, 6) is -15.1. The number of hydrogen-bond acceptors (Lipinski definition) is 25. The number of nitrogens with two attached hydrogens (primary N) is 1. The van der Waals surface area contributed by atoms with Crippen LogP contribution in [0.4, 0.5) is 0 Å². The number of nitrogens with zero attached hydrogens (tertiary/aromatic N) is 3. The number of amides is 8. The average molecular weight is 1500 g/mol. The number of aliphatic carboxylic acids is 4. The predicted octanol–water partition coefficient (Wildman–Crippen LogP) is -9.01. The van der Waals surface area contributed by atoms with Gasteiger partial charge in [-0.25, -0.2) is 0 Å². The number of benzene rings is 3. The molecular weight excluding hydrogens is 1420 g/mol. The average Bonchev–Trinajstić information content (AvgIpc) is 1.75. The second-order valence-electron chi connectivity index (χ2n) is 23.2. The molecule has 32 nitrogen and oxygen atoms in total. The minimum atomic E-state index is -1.78. The van der Waals surface area contributed by atoms with Crippen LogP contribution >= 0.6 is 21.6 Å². The zero-order valence-electron chi connectivity index (χ0n) is 55.1. The summed E-state index contributed by atoms with van der Waals surface area (Å²) in [6.45, 7) is -3.63. The Bertz CT molecular complexity index is 3300. The number of hydrogen-bond donors (Lipinski definition) is 13. The van der Waals surface area contributed by atoms with Gasteiger partial charge in [-0.1, -0.05) is 100 Å². The molecule has 35 heteroatoms. The minimum Gasteiger partial charge on any atom is -0.549 e. The van der Waals surface area contributed by atoms with Crippen molar-refractivity contribution in [2.75, 3.05) is 83.6 Å². The first-order chi connectivity index (χ1) is 46.2. The molecule has 3 aromatic carbocycles. The third-order valence-electron chi connectivity index (χ3n) is 15.4. The smallest absolute Gasteiger partial charge is 0.549 e. The summed E-state index contributed by atoms with van der Waals surface area (Å²) in [4.78, 5) is 170. The van der Waals surface area contributed by atoms with Crippen LogP contribution in [0.25, 0.3) is 10.9 Å². The van der Waals surface area contributed by atoms with E-state index < -0.39 is 177 Å². The number of para-hydroxylation sites is 1. The fraction of sp³-hybridized carbons (Fsp3) is 0.492. The molecule has 5 rings (SSSR count). The van der Waals surface area contributed by atoms with Crippen molar-refractivity contribution in [3.8, 4) is 0 Å². The van der Waals surface area contributed by atoms with Crippen molar-refractivity contribution in [2.24, 2.45) is 5.73 Å². The quantitative estimate of drug-likeness (QED) is 0.0153. The van der Waals surface area contributed by atoms with E-state index in [1.807, 2.05) is 0 Å². The van der Waals surface area contributed by atoms with E-state index in [1.54, 1.807) is 91.1 Å². The van der Waals surface area contributed by atoms with Gasteiger partial charge in [0.15, 0.2) is 0 Å². The predicted molar refractivity (Wildman–Crippen MR) is 352 cm³/mol. The first-order valence-corrected chi connectivity index (χ1v) is 33.6. The normalized spacial score (nSPS) is 19.6. The molecule has 1 aliphatic rings. The van der Waals surface area contributed by atoms with Crippen molar-refractivity contribution < 1.29 is 94.7 Å². The minimum absolute atomic E-state index is 0. The van der Waals surface area contributed by atoms with E-state index >= 15 is 9.59 Å². The third-order valence-corrected chi connectivity index (χ3v) is 17.8. The van der Waals surface area contributed by atoms with Crippen molar-refractivity contribution in [3.63, 3.8) is 0 Å². The largest absolute Gasteiger partial charge is 3.00 e.